The van der Waals surface area contributed by atoms with E-state index in [1.54, 1.807) is 13.8 Å². The van der Waals surface area contributed by atoms with Crippen LogP contribution in [0.4, 0.5) is 0 Å². The third-order valence-electron chi connectivity index (χ3n) is 2.22. The summed E-state index contributed by atoms with van der Waals surface area (Å²) in [5.74, 6) is 0. The third kappa shape index (κ3) is 3.09. The number of nitrogens with two attached hydrogens (primary N) is 1. The van der Waals surface area contributed by atoms with Gasteiger partial charge in [0.15, 0.2) is 0 Å². The van der Waals surface area contributed by atoms with Gasteiger partial charge in [0.05, 0.1) is 5.25 Å². The van der Waals surface area contributed by atoms with Crippen LogP contribution < -0.4 is 10.5 Å². The first-order valence-electron chi connectivity index (χ1n) is 4.15. The summed E-state index contributed by atoms with van der Waals surface area (Å²) in [4.78, 5) is 0. The van der Waals surface area contributed by atoms with Crippen molar-refractivity contribution in [3.63, 3.8) is 0 Å². The fourth-order valence-electron chi connectivity index (χ4n) is 0.918. The second-order valence-corrected chi connectivity index (χ2v) is 5.92. The van der Waals surface area contributed by atoms with E-state index in [9.17, 15) is 8.42 Å². The summed E-state index contributed by atoms with van der Waals surface area (Å²) in [6.07, 6.45) is 1.74. The molecule has 1 aliphatic carbocycles. The highest BCUT2D eigenvalue weighted by atomic mass is 35.5. The van der Waals surface area contributed by atoms with Crippen molar-refractivity contribution in [2.75, 3.05) is 6.54 Å². The van der Waals surface area contributed by atoms with E-state index in [0.717, 1.165) is 12.8 Å². The molecule has 0 bridgehead atoms. The maximum atomic E-state index is 11.4. The van der Waals surface area contributed by atoms with Gasteiger partial charge >= 0.3 is 0 Å². The van der Waals surface area contributed by atoms with Crippen molar-refractivity contribution in [1.82, 2.24) is 4.72 Å². The van der Waals surface area contributed by atoms with E-state index in [1.165, 1.54) is 0 Å². The van der Waals surface area contributed by atoms with Gasteiger partial charge in [-0.1, -0.05) is 0 Å². The Morgan fingerprint density at radius 1 is 1.46 bits per heavy atom. The van der Waals surface area contributed by atoms with Crippen molar-refractivity contribution >= 4 is 22.4 Å². The second-order valence-electron chi connectivity index (χ2n) is 3.68. The molecule has 13 heavy (non-hydrogen) atoms. The predicted octanol–water partition coefficient (Wildman–Crippen LogP) is 0.227. The van der Waals surface area contributed by atoms with Crippen LogP contribution in [0.25, 0.3) is 0 Å². The van der Waals surface area contributed by atoms with Crippen LogP contribution >= 0.6 is 12.4 Å². The van der Waals surface area contributed by atoms with Gasteiger partial charge in [-0.25, -0.2) is 13.1 Å². The first-order valence-corrected chi connectivity index (χ1v) is 5.69. The number of rotatable bonds is 4. The Hall–Kier alpha value is 0.160. The Labute approximate surface area is 85.7 Å². The van der Waals surface area contributed by atoms with Gasteiger partial charge in [0, 0.05) is 12.1 Å². The monoisotopic (exact) mass is 228 g/mol. The topological polar surface area (TPSA) is 72.2 Å². The maximum absolute atomic E-state index is 11.4. The fourth-order valence-corrected chi connectivity index (χ4v) is 2.05. The van der Waals surface area contributed by atoms with Crippen molar-refractivity contribution in [3.05, 3.63) is 0 Å². The Morgan fingerprint density at radius 3 is 2.15 bits per heavy atom. The molecule has 0 amide bonds. The summed E-state index contributed by atoms with van der Waals surface area (Å²) in [7, 11) is -3.14. The lowest BCUT2D eigenvalue weighted by molar-refractivity contribution is 0.537. The molecule has 0 heterocycles. The summed E-state index contributed by atoms with van der Waals surface area (Å²) in [6.45, 7) is 3.73. The molecule has 6 heteroatoms. The van der Waals surface area contributed by atoms with Crippen LogP contribution in [0.1, 0.15) is 26.7 Å². The Morgan fingerprint density at radius 2 is 1.92 bits per heavy atom. The molecule has 1 aliphatic rings. The fraction of sp³-hybridized carbons (Fsp3) is 1.00. The zero-order valence-electron chi connectivity index (χ0n) is 7.91. The molecule has 0 spiro atoms. The summed E-state index contributed by atoms with van der Waals surface area (Å²) in [5.41, 5.74) is 5.15. The van der Waals surface area contributed by atoms with E-state index in [0.29, 0.717) is 6.54 Å². The van der Waals surface area contributed by atoms with Crippen LogP contribution in [0.15, 0.2) is 0 Å². The van der Waals surface area contributed by atoms with E-state index >= 15 is 0 Å². The zero-order chi connectivity index (χ0) is 9.41. The van der Waals surface area contributed by atoms with E-state index < -0.39 is 10.0 Å². The molecule has 1 rings (SSSR count). The molecule has 1 fully saturated rings. The van der Waals surface area contributed by atoms with Crippen LogP contribution in [-0.2, 0) is 10.0 Å². The summed E-state index contributed by atoms with van der Waals surface area (Å²) in [5, 5.41) is -0.374. The molecule has 1 saturated carbocycles. The molecule has 0 radical (unpaired) electrons. The van der Waals surface area contributed by atoms with Crippen molar-refractivity contribution in [2.45, 2.75) is 37.5 Å². The Balaban J connectivity index is 0.00000144. The highest BCUT2D eigenvalue weighted by Gasteiger charge is 2.44. The highest BCUT2D eigenvalue weighted by molar-refractivity contribution is 7.90. The molecule has 0 aromatic heterocycles. The van der Waals surface area contributed by atoms with E-state index in [4.69, 9.17) is 5.73 Å². The molecular weight excluding hydrogens is 212 g/mol. The average molecular weight is 229 g/mol. The molecule has 0 unspecified atom stereocenters. The van der Waals surface area contributed by atoms with Gasteiger partial charge < -0.3 is 5.73 Å². The standard InChI is InChI=1S/C7H16N2O2S.ClH/c1-6(2)12(10,11)9-7(5-8)3-4-7;/h6,9H,3-5,8H2,1-2H3;1H. The van der Waals surface area contributed by atoms with E-state index in [-0.39, 0.29) is 23.2 Å². The van der Waals surface area contributed by atoms with Gasteiger partial charge in [0.2, 0.25) is 10.0 Å². The number of nitrogens with one attached hydrogen (secondary N) is 1. The van der Waals surface area contributed by atoms with E-state index in [1.807, 2.05) is 0 Å². The lowest BCUT2D eigenvalue weighted by atomic mass is 10.3. The van der Waals surface area contributed by atoms with Crippen LogP contribution in [0.5, 0.6) is 0 Å². The number of halogens is 1. The van der Waals surface area contributed by atoms with Crippen molar-refractivity contribution in [1.29, 1.82) is 0 Å². The molecule has 0 aliphatic heterocycles. The van der Waals surface area contributed by atoms with E-state index in [2.05, 4.69) is 4.72 Å². The van der Waals surface area contributed by atoms with Gasteiger partial charge in [0.25, 0.3) is 0 Å². The number of hydrogen-bond acceptors (Lipinski definition) is 3. The van der Waals surface area contributed by atoms with Crippen LogP contribution in [0.2, 0.25) is 0 Å². The normalized spacial score (nSPS) is 19.7. The lowest BCUT2D eigenvalue weighted by Crippen LogP contribution is -2.45. The minimum Gasteiger partial charge on any atom is -0.329 e. The van der Waals surface area contributed by atoms with Crippen LogP contribution in [-0.4, -0.2) is 25.8 Å². The van der Waals surface area contributed by atoms with Crippen molar-refractivity contribution in [3.8, 4) is 0 Å². The molecule has 3 N–H and O–H groups in total. The van der Waals surface area contributed by atoms with Crippen molar-refractivity contribution < 1.29 is 8.42 Å². The molecule has 4 nitrogen and oxygen atoms in total. The number of hydrogen-bond donors (Lipinski definition) is 2. The summed E-state index contributed by atoms with van der Waals surface area (Å²) >= 11 is 0. The number of sulfonamides is 1. The van der Waals surface area contributed by atoms with Gasteiger partial charge in [-0.2, -0.15) is 0 Å². The molecule has 0 saturated heterocycles. The molecule has 0 atom stereocenters. The Bertz CT molecular complexity index is 260. The summed E-state index contributed by atoms with van der Waals surface area (Å²) < 4.78 is 25.4. The smallest absolute Gasteiger partial charge is 0.214 e. The summed E-state index contributed by atoms with van der Waals surface area (Å²) in [6, 6.07) is 0. The highest BCUT2D eigenvalue weighted by Crippen LogP contribution is 2.35. The van der Waals surface area contributed by atoms with Crippen LogP contribution in [0, 0.1) is 0 Å². The van der Waals surface area contributed by atoms with Crippen LogP contribution in [0.3, 0.4) is 0 Å². The SMILES string of the molecule is CC(C)S(=O)(=O)NC1(CN)CC1.Cl. The lowest BCUT2D eigenvalue weighted by Gasteiger charge is -2.16. The molecule has 80 valence electrons. The van der Waals surface area contributed by atoms with Crippen molar-refractivity contribution in [2.24, 2.45) is 5.73 Å². The molecule has 0 aromatic carbocycles. The zero-order valence-corrected chi connectivity index (χ0v) is 9.54. The largest absolute Gasteiger partial charge is 0.329 e. The quantitative estimate of drug-likeness (QED) is 0.724. The van der Waals surface area contributed by atoms with Gasteiger partial charge in [-0.3, -0.25) is 0 Å². The first-order chi connectivity index (χ1) is 5.42. The molecule has 0 aromatic rings. The maximum Gasteiger partial charge on any atom is 0.214 e. The average Bonchev–Trinajstić information content (AvgIpc) is 2.68. The minimum atomic E-state index is -3.14. The van der Waals surface area contributed by atoms with Gasteiger partial charge in [-0.15, -0.1) is 12.4 Å². The molecular formula is C7H17ClN2O2S. The third-order valence-corrected chi connectivity index (χ3v) is 4.18. The Kier molecular flexibility index (Phi) is 4.18. The van der Waals surface area contributed by atoms with Gasteiger partial charge in [0.1, 0.15) is 0 Å². The minimum absolute atomic E-state index is 0. The van der Waals surface area contributed by atoms with Gasteiger partial charge in [-0.05, 0) is 26.7 Å². The second kappa shape index (κ2) is 4.13. The first kappa shape index (κ1) is 13.2. The predicted molar refractivity (Wildman–Crippen MR) is 55.5 cm³/mol.